The summed E-state index contributed by atoms with van der Waals surface area (Å²) in [7, 11) is 1.90. The smallest absolute Gasteiger partial charge is 0.271 e. The lowest BCUT2D eigenvalue weighted by atomic mass is 9.98. The Morgan fingerprint density at radius 3 is 2.50 bits per heavy atom. The van der Waals surface area contributed by atoms with Crippen molar-refractivity contribution in [3.05, 3.63) is 59.9 Å². The number of aryl methyl sites for hydroxylation is 1. The topological polar surface area (TPSA) is 34.5 Å². The number of carbonyl (C=O) groups excluding carboxylic acids is 1. The minimum Gasteiger partial charge on any atom is -0.369 e. The minimum absolute atomic E-state index is 0.00597. The quantitative estimate of drug-likeness (QED) is 0.854. The fourth-order valence-corrected chi connectivity index (χ4v) is 3.23. The maximum Gasteiger partial charge on any atom is 0.271 e. The van der Waals surface area contributed by atoms with Gasteiger partial charge < -0.3 is 14.2 Å². The number of morpholine rings is 1. The minimum atomic E-state index is -0.0818. The van der Waals surface area contributed by atoms with Gasteiger partial charge in [-0.15, -0.1) is 0 Å². The summed E-state index contributed by atoms with van der Waals surface area (Å²) in [6, 6.07) is 14.0. The highest BCUT2D eigenvalue weighted by Gasteiger charge is 2.37. The van der Waals surface area contributed by atoms with E-state index in [1.54, 1.807) is 0 Å². The maximum atomic E-state index is 12.9. The molecule has 3 unspecified atom stereocenters. The van der Waals surface area contributed by atoms with Crippen LogP contribution in [0.3, 0.4) is 0 Å². The van der Waals surface area contributed by atoms with E-state index in [4.69, 9.17) is 4.74 Å². The first-order valence-corrected chi connectivity index (χ1v) is 7.70. The second kappa shape index (κ2) is 5.97. The van der Waals surface area contributed by atoms with Crippen LogP contribution >= 0.6 is 0 Å². The van der Waals surface area contributed by atoms with Crippen LogP contribution in [0.5, 0.6) is 0 Å². The van der Waals surface area contributed by atoms with E-state index in [9.17, 15) is 4.79 Å². The van der Waals surface area contributed by atoms with Gasteiger partial charge in [0.15, 0.2) is 0 Å². The van der Waals surface area contributed by atoms with Gasteiger partial charge in [0.1, 0.15) is 11.8 Å². The summed E-state index contributed by atoms with van der Waals surface area (Å²) in [5.74, 6) is 0.0664. The van der Waals surface area contributed by atoms with E-state index >= 15 is 0 Å². The fraction of sp³-hybridized carbons (Fsp3) is 0.389. The Morgan fingerprint density at radius 1 is 1.14 bits per heavy atom. The largest absolute Gasteiger partial charge is 0.369 e. The zero-order valence-corrected chi connectivity index (χ0v) is 13.3. The number of benzene rings is 1. The van der Waals surface area contributed by atoms with Crippen molar-refractivity contribution in [3.63, 3.8) is 0 Å². The van der Waals surface area contributed by atoms with Gasteiger partial charge in [0, 0.05) is 13.2 Å². The summed E-state index contributed by atoms with van der Waals surface area (Å²) in [6.07, 6.45) is 1.82. The average Bonchev–Trinajstić information content (AvgIpc) is 2.94. The molecule has 3 rings (SSSR count). The van der Waals surface area contributed by atoms with E-state index in [-0.39, 0.29) is 24.1 Å². The Hall–Kier alpha value is -2.07. The number of hydrogen-bond donors (Lipinski definition) is 0. The van der Waals surface area contributed by atoms with Crippen molar-refractivity contribution in [2.45, 2.75) is 32.0 Å². The molecule has 0 radical (unpaired) electrons. The number of amides is 1. The second-order valence-electron chi connectivity index (χ2n) is 5.97. The molecule has 0 aliphatic carbocycles. The predicted octanol–water partition coefficient (Wildman–Crippen LogP) is 3.02. The van der Waals surface area contributed by atoms with Crippen LogP contribution < -0.4 is 0 Å². The Morgan fingerprint density at radius 2 is 1.86 bits per heavy atom. The van der Waals surface area contributed by atoms with Gasteiger partial charge in [-0.1, -0.05) is 30.3 Å². The molecule has 3 atom stereocenters. The van der Waals surface area contributed by atoms with Crippen molar-refractivity contribution in [1.29, 1.82) is 0 Å². The Labute approximate surface area is 131 Å². The lowest BCUT2D eigenvalue weighted by Gasteiger charge is -2.43. The molecule has 4 nitrogen and oxygen atoms in total. The van der Waals surface area contributed by atoms with E-state index < -0.39 is 0 Å². The second-order valence-corrected chi connectivity index (χ2v) is 5.97. The van der Waals surface area contributed by atoms with Gasteiger partial charge in [0.05, 0.1) is 18.7 Å². The lowest BCUT2D eigenvalue weighted by molar-refractivity contribution is -0.0808. The maximum absolute atomic E-state index is 12.9. The van der Waals surface area contributed by atoms with E-state index in [1.165, 1.54) is 0 Å². The molecule has 0 bridgehead atoms. The molecule has 4 heteroatoms. The molecular weight excluding hydrogens is 276 g/mol. The first-order chi connectivity index (χ1) is 10.6. The van der Waals surface area contributed by atoms with Gasteiger partial charge >= 0.3 is 0 Å². The van der Waals surface area contributed by atoms with Crippen molar-refractivity contribution >= 4 is 5.91 Å². The van der Waals surface area contributed by atoms with Gasteiger partial charge in [-0.25, -0.2) is 0 Å². The third kappa shape index (κ3) is 2.55. The molecule has 1 fully saturated rings. The summed E-state index contributed by atoms with van der Waals surface area (Å²) < 4.78 is 7.89. The average molecular weight is 298 g/mol. The van der Waals surface area contributed by atoms with Gasteiger partial charge in [0.25, 0.3) is 5.91 Å². The van der Waals surface area contributed by atoms with Crippen molar-refractivity contribution in [3.8, 4) is 0 Å². The molecular formula is C18H22N2O2. The third-order valence-electron chi connectivity index (χ3n) is 4.39. The zero-order valence-electron chi connectivity index (χ0n) is 13.3. The first kappa shape index (κ1) is 14.9. The van der Waals surface area contributed by atoms with E-state index in [0.717, 1.165) is 5.56 Å². The molecule has 1 aromatic heterocycles. The van der Waals surface area contributed by atoms with E-state index in [0.29, 0.717) is 12.3 Å². The Kier molecular flexibility index (Phi) is 4.03. The molecule has 2 heterocycles. The molecule has 1 saturated heterocycles. The summed E-state index contributed by atoms with van der Waals surface area (Å²) in [6.45, 7) is 4.66. The summed E-state index contributed by atoms with van der Waals surface area (Å²) >= 11 is 0. The lowest BCUT2D eigenvalue weighted by Crippen LogP contribution is -2.54. The summed E-state index contributed by atoms with van der Waals surface area (Å²) in [5, 5.41) is 0. The van der Waals surface area contributed by atoms with E-state index in [2.05, 4.69) is 19.1 Å². The van der Waals surface area contributed by atoms with Crippen LogP contribution in [-0.2, 0) is 11.8 Å². The number of nitrogens with zero attached hydrogens (tertiary/aromatic N) is 2. The molecule has 0 N–H and O–H groups in total. The number of aromatic nitrogens is 1. The van der Waals surface area contributed by atoms with Crippen LogP contribution in [-0.4, -0.2) is 34.1 Å². The highest BCUT2D eigenvalue weighted by atomic mass is 16.5. The van der Waals surface area contributed by atoms with E-state index in [1.807, 2.05) is 60.0 Å². The Balaban J connectivity index is 1.89. The third-order valence-corrected chi connectivity index (χ3v) is 4.39. The molecule has 1 aliphatic rings. The van der Waals surface area contributed by atoms with Gasteiger partial charge in [-0.2, -0.15) is 0 Å². The van der Waals surface area contributed by atoms with Gasteiger partial charge in [0.2, 0.25) is 0 Å². The van der Waals surface area contributed by atoms with Gasteiger partial charge in [-0.05, 0) is 31.5 Å². The fourth-order valence-electron chi connectivity index (χ4n) is 3.23. The van der Waals surface area contributed by atoms with Crippen molar-refractivity contribution in [2.75, 3.05) is 6.61 Å². The van der Waals surface area contributed by atoms with Crippen LogP contribution in [0.15, 0.2) is 48.7 Å². The molecule has 2 aromatic rings. The van der Waals surface area contributed by atoms with Crippen molar-refractivity contribution in [2.24, 2.45) is 7.05 Å². The van der Waals surface area contributed by atoms with Crippen LogP contribution in [0.25, 0.3) is 0 Å². The monoisotopic (exact) mass is 298 g/mol. The summed E-state index contributed by atoms with van der Waals surface area (Å²) in [4.78, 5) is 14.9. The van der Waals surface area contributed by atoms with Crippen LogP contribution in [0.4, 0.5) is 0 Å². The highest BCUT2D eigenvalue weighted by molar-refractivity contribution is 5.93. The molecule has 22 heavy (non-hydrogen) atoms. The Bertz CT molecular complexity index is 650. The SMILES string of the molecule is CC1COC(c2ccccc2)C(C)N1C(=O)c1cccn1C. The zero-order chi connectivity index (χ0) is 15.7. The number of carbonyl (C=O) groups is 1. The van der Waals surface area contributed by atoms with Crippen LogP contribution in [0.2, 0.25) is 0 Å². The first-order valence-electron chi connectivity index (χ1n) is 7.70. The molecule has 0 spiro atoms. The predicted molar refractivity (Wildman–Crippen MR) is 85.6 cm³/mol. The molecule has 0 saturated carbocycles. The van der Waals surface area contributed by atoms with Crippen LogP contribution in [0, 0.1) is 0 Å². The molecule has 1 amide bonds. The number of hydrogen-bond acceptors (Lipinski definition) is 2. The number of rotatable bonds is 2. The van der Waals surface area contributed by atoms with Crippen LogP contribution in [0.1, 0.15) is 36.0 Å². The summed E-state index contributed by atoms with van der Waals surface area (Å²) in [5.41, 5.74) is 1.83. The van der Waals surface area contributed by atoms with Crippen molar-refractivity contribution in [1.82, 2.24) is 9.47 Å². The molecule has 116 valence electrons. The normalized spacial score (nSPS) is 25.2. The van der Waals surface area contributed by atoms with Gasteiger partial charge in [-0.3, -0.25) is 4.79 Å². The highest BCUT2D eigenvalue weighted by Crippen LogP contribution is 2.31. The molecule has 1 aliphatic heterocycles. The van der Waals surface area contributed by atoms with Crippen molar-refractivity contribution < 1.29 is 9.53 Å². The standard InChI is InChI=1S/C18H22N2O2/c1-13-12-22-17(15-8-5-4-6-9-15)14(2)20(13)18(21)16-10-7-11-19(16)3/h4-11,13-14,17H,12H2,1-3H3. The number of ether oxygens (including phenoxy) is 1. The molecule has 1 aromatic carbocycles.